The van der Waals surface area contributed by atoms with Crippen LogP contribution in [0.5, 0.6) is 0 Å². The predicted molar refractivity (Wildman–Crippen MR) is 51.1 cm³/mol. The van der Waals surface area contributed by atoms with Gasteiger partial charge in [-0.15, -0.1) is 0 Å². The van der Waals surface area contributed by atoms with Gasteiger partial charge < -0.3 is 10.4 Å². The number of hydrogen-bond donors (Lipinski definition) is 2. The molecule has 2 unspecified atom stereocenters. The standard InChI is InChI=1S/C10H21NO/c1-8(2)5-10-6-9(7-12)3-4-11-10/h8-12H,3-7H2,1-2H3. The normalized spacial score (nSPS) is 31.0. The summed E-state index contributed by atoms with van der Waals surface area (Å²) in [5.41, 5.74) is 0. The van der Waals surface area contributed by atoms with E-state index in [2.05, 4.69) is 19.2 Å². The first-order chi connectivity index (χ1) is 5.72. The van der Waals surface area contributed by atoms with Crippen molar-refractivity contribution in [3.63, 3.8) is 0 Å². The van der Waals surface area contributed by atoms with Crippen LogP contribution in [0, 0.1) is 11.8 Å². The van der Waals surface area contributed by atoms with Gasteiger partial charge in [0.15, 0.2) is 0 Å². The lowest BCUT2D eigenvalue weighted by atomic mass is 9.89. The van der Waals surface area contributed by atoms with E-state index >= 15 is 0 Å². The van der Waals surface area contributed by atoms with Crippen LogP contribution >= 0.6 is 0 Å². The molecule has 1 aliphatic heterocycles. The average molecular weight is 171 g/mol. The van der Waals surface area contributed by atoms with Crippen LogP contribution in [0.2, 0.25) is 0 Å². The Bertz CT molecular complexity index is 125. The average Bonchev–Trinajstić information content (AvgIpc) is 2.03. The van der Waals surface area contributed by atoms with Gasteiger partial charge in [0.1, 0.15) is 0 Å². The summed E-state index contributed by atoms with van der Waals surface area (Å²) < 4.78 is 0. The zero-order valence-electron chi connectivity index (χ0n) is 8.21. The smallest absolute Gasteiger partial charge is 0.0460 e. The molecule has 2 atom stereocenters. The van der Waals surface area contributed by atoms with E-state index in [1.54, 1.807) is 0 Å². The fraction of sp³-hybridized carbons (Fsp3) is 1.00. The van der Waals surface area contributed by atoms with E-state index in [9.17, 15) is 0 Å². The second-order valence-electron chi connectivity index (χ2n) is 4.35. The Hall–Kier alpha value is -0.0800. The molecule has 72 valence electrons. The lowest BCUT2D eigenvalue weighted by Gasteiger charge is -2.30. The van der Waals surface area contributed by atoms with Gasteiger partial charge in [-0.2, -0.15) is 0 Å². The van der Waals surface area contributed by atoms with Gasteiger partial charge in [-0.3, -0.25) is 0 Å². The molecule has 0 saturated carbocycles. The predicted octanol–water partition coefficient (Wildman–Crippen LogP) is 1.39. The molecule has 12 heavy (non-hydrogen) atoms. The molecule has 1 fully saturated rings. The maximum atomic E-state index is 9.02. The molecule has 2 heteroatoms. The van der Waals surface area contributed by atoms with E-state index < -0.39 is 0 Å². The van der Waals surface area contributed by atoms with Gasteiger partial charge in [-0.25, -0.2) is 0 Å². The van der Waals surface area contributed by atoms with Crippen molar-refractivity contribution < 1.29 is 5.11 Å². The third kappa shape index (κ3) is 3.11. The minimum absolute atomic E-state index is 0.371. The Balaban J connectivity index is 2.25. The first kappa shape index (κ1) is 10.0. The molecular weight excluding hydrogens is 150 g/mol. The van der Waals surface area contributed by atoms with E-state index in [4.69, 9.17) is 5.11 Å². The molecule has 0 radical (unpaired) electrons. The van der Waals surface area contributed by atoms with Gasteiger partial charge in [0.2, 0.25) is 0 Å². The molecule has 0 spiro atoms. The van der Waals surface area contributed by atoms with Crippen molar-refractivity contribution >= 4 is 0 Å². The third-order valence-corrected chi connectivity index (χ3v) is 2.62. The summed E-state index contributed by atoms with van der Waals surface area (Å²) in [5.74, 6) is 1.31. The van der Waals surface area contributed by atoms with Crippen LogP contribution in [0.15, 0.2) is 0 Å². The van der Waals surface area contributed by atoms with Gasteiger partial charge in [0.05, 0.1) is 0 Å². The molecule has 1 rings (SSSR count). The van der Waals surface area contributed by atoms with Crippen LogP contribution in [0.1, 0.15) is 33.1 Å². The van der Waals surface area contributed by atoms with Crippen LogP contribution in [0.25, 0.3) is 0 Å². The first-order valence-corrected chi connectivity index (χ1v) is 5.06. The number of rotatable bonds is 3. The number of nitrogens with one attached hydrogen (secondary N) is 1. The molecule has 1 heterocycles. The molecule has 0 bridgehead atoms. The molecule has 0 aromatic heterocycles. The van der Waals surface area contributed by atoms with E-state index in [-0.39, 0.29) is 0 Å². The number of aliphatic hydroxyl groups is 1. The van der Waals surface area contributed by atoms with E-state index in [1.165, 1.54) is 6.42 Å². The van der Waals surface area contributed by atoms with E-state index in [0.29, 0.717) is 18.6 Å². The fourth-order valence-electron chi connectivity index (χ4n) is 2.01. The van der Waals surface area contributed by atoms with Crippen LogP contribution in [0.4, 0.5) is 0 Å². The third-order valence-electron chi connectivity index (χ3n) is 2.62. The molecule has 0 amide bonds. The molecule has 1 saturated heterocycles. The number of hydrogen-bond acceptors (Lipinski definition) is 2. The highest BCUT2D eigenvalue weighted by atomic mass is 16.3. The second kappa shape index (κ2) is 4.83. The molecule has 0 aromatic rings. The van der Waals surface area contributed by atoms with Crippen LogP contribution in [-0.4, -0.2) is 24.3 Å². The highest BCUT2D eigenvalue weighted by molar-refractivity contribution is 4.78. The van der Waals surface area contributed by atoms with Gasteiger partial charge >= 0.3 is 0 Å². The van der Waals surface area contributed by atoms with Gasteiger partial charge in [-0.05, 0) is 37.6 Å². The van der Waals surface area contributed by atoms with Crippen molar-refractivity contribution in [3.8, 4) is 0 Å². The Kier molecular flexibility index (Phi) is 4.02. The molecule has 2 nitrogen and oxygen atoms in total. The minimum Gasteiger partial charge on any atom is -0.396 e. The Morgan fingerprint density at radius 1 is 1.50 bits per heavy atom. The fourth-order valence-corrected chi connectivity index (χ4v) is 2.01. The van der Waals surface area contributed by atoms with Gasteiger partial charge in [-0.1, -0.05) is 13.8 Å². The molecule has 1 aliphatic rings. The highest BCUT2D eigenvalue weighted by Crippen LogP contribution is 2.19. The summed E-state index contributed by atoms with van der Waals surface area (Å²) in [7, 11) is 0. The van der Waals surface area contributed by atoms with Crippen molar-refractivity contribution in [2.24, 2.45) is 11.8 Å². The number of piperidine rings is 1. The number of aliphatic hydroxyl groups excluding tert-OH is 1. The summed E-state index contributed by atoms with van der Waals surface area (Å²) in [6.45, 7) is 5.97. The lowest BCUT2D eigenvalue weighted by molar-refractivity contribution is 0.168. The molecule has 2 N–H and O–H groups in total. The second-order valence-corrected chi connectivity index (χ2v) is 4.35. The van der Waals surface area contributed by atoms with Crippen molar-refractivity contribution in [2.45, 2.75) is 39.2 Å². The maximum absolute atomic E-state index is 9.02. The summed E-state index contributed by atoms with van der Waals surface area (Å²) in [5, 5.41) is 12.5. The maximum Gasteiger partial charge on any atom is 0.0460 e. The quantitative estimate of drug-likeness (QED) is 0.672. The largest absolute Gasteiger partial charge is 0.396 e. The highest BCUT2D eigenvalue weighted by Gasteiger charge is 2.20. The summed E-state index contributed by atoms with van der Waals surface area (Å²) in [6.07, 6.45) is 3.55. The molecule has 0 aliphatic carbocycles. The minimum atomic E-state index is 0.371. The lowest BCUT2D eigenvalue weighted by Crippen LogP contribution is -2.39. The Morgan fingerprint density at radius 3 is 2.83 bits per heavy atom. The van der Waals surface area contributed by atoms with E-state index in [1.807, 2.05) is 0 Å². The SMILES string of the molecule is CC(C)CC1CC(CO)CCN1. The zero-order chi connectivity index (χ0) is 8.97. The molecule has 0 aromatic carbocycles. The van der Waals surface area contributed by atoms with Crippen molar-refractivity contribution in [1.29, 1.82) is 0 Å². The first-order valence-electron chi connectivity index (χ1n) is 5.06. The summed E-state index contributed by atoms with van der Waals surface area (Å²) in [4.78, 5) is 0. The topological polar surface area (TPSA) is 32.3 Å². The zero-order valence-corrected chi connectivity index (χ0v) is 8.21. The van der Waals surface area contributed by atoms with Crippen molar-refractivity contribution in [2.75, 3.05) is 13.2 Å². The van der Waals surface area contributed by atoms with Gasteiger partial charge in [0.25, 0.3) is 0 Å². The summed E-state index contributed by atoms with van der Waals surface area (Å²) >= 11 is 0. The monoisotopic (exact) mass is 171 g/mol. The van der Waals surface area contributed by atoms with Crippen molar-refractivity contribution in [3.05, 3.63) is 0 Å². The van der Waals surface area contributed by atoms with Crippen molar-refractivity contribution in [1.82, 2.24) is 5.32 Å². The van der Waals surface area contributed by atoms with Crippen LogP contribution in [0.3, 0.4) is 0 Å². The van der Waals surface area contributed by atoms with Gasteiger partial charge in [0, 0.05) is 12.6 Å². The molecular formula is C10H21NO. The van der Waals surface area contributed by atoms with Crippen LogP contribution < -0.4 is 5.32 Å². The summed E-state index contributed by atoms with van der Waals surface area (Å²) in [6, 6.07) is 0.649. The van der Waals surface area contributed by atoms with Crippen LogP contribution in [-0.2, 0) is 0 Å². The Labute approximate surface area is 75.4 Å². The Morgan fingerprint density at radius 2 is 2.25 bits per heavy atom. The van der Waals surface area contributed by atoms with E-state index in [0.717, 1.165) is 25.3 Å².